The third kappa shape index (κ3) is 2.57. The monoisotopic (exact) mass is 626 g/mol. The Hall–Kier alpha value is -4.38. The van der Waals surface area contributed by atoms with E-state index in [1.165, 1.54) is 66.8 Å². The molecule has 2 saturated heterocycles. The van der Waals surface area contributed by atoms with Crippen LogP contribution in [0, 0.1) is 23.7 Å². The van der Waals surface area contributed by atoms with E-state index >= 15 is 0 Å². The fourth-order valence-electron chi connectivity index (χ4n) is 13.1. The lowest BCUT2D eigenvalue weighted by molar-refractivity contribution is 0.0466. The number of hydrogen-bond acceptors (Lipinski definition) is 4. The molecular formula is C44H34O4. The van der Waals surface area contributed by atoms with Crippen molar-refractivity contribution in [3.8, 4) is 11.5 Å². The summed E-state index contributed by atoms with van der Waals surface area (Å²) in [6, 6.07) is 36.7. The van der Waals surface area contributed by atoms with Crippen LogP contribution < -0.4 is 9.47 Å². The van der Waals surface area contributed by atoms with Crippen LogP contribution in [0.15, 0.2) is 97.1 Å². The first-order valence-electron chi connectivity index (χ1n) is 17.8. The van der Waals surface area contributed by atoms with Gasteiger partial charge in [0.1, 0.15) is 11.5 Å². The van der Waals surface area contributed by atoms with Gasteiger partial charge in [0.2, 0.25) is 0 Å². The van der Waals surface area contributed by atoms with Crippen molar-refractivity contribution in [2.24, 2.45) is 23.7 Å². The first-order chi connectivity index (χ1) is 23.8. The van der Waals surface area contributed by atoms with Crippen LogP contribution in [0.25, 0.3) is 0 Å². The highest BCUT2D eigenvalue weighted by molar-refractivity contribution is 5.71. The topological polar surface area (TPSA) is 36.9 Å². The molecule has 234 valence electrons. The fraction of sp³-hybridized carbons (Fsp3) is 0.318. The lowest BCUT2D eigenvalue weighted by atomic mass is 9.49. The van der Waals surface area contributed by atoms with Crippen LogP contribution in [0.1, 0.15) is 115 Å². The van der Waals surface area contributed by atoms with E-state index in [1.54, 1.807) is 0 Å². The average Bonchev–Trinajstić information content (AvgIpc) is 3.93. The number of fused-ring (bicyclic) bond motifs is 10. The first-order valence-corrected chi connectivity index (χ1v) is 17.8. The molecule has 0 radical (unpaired) electrons. The van der Waals surface area contributed by atoms with Gasteiger partial charge < -0.3 is 18.9 Å². The molecule has 4 heteroatoms. The van der Waals surface area contributed by atoms with Crippen molar-refractivity contribution < 1.29 is 18.9 Å². The van der Waals surface area contributed by atoms with Gasteiger partial charge in [-0.1, -0.05) is 97.1 Å². The summed E-state index contributed by atoms with van der Waals surface area (Å²) in [6.07, 6.45) is -0.176. The maximum atomic E-state index is 7.26. The minimum Gasteiger partial charge on any atom is -0.496 e. The number of rotatable bonds is 2. The molecule has 4 heterocycles. The van der Waals surface area contributed by atoms with E-state index in [-0.39, 0.29) is 24.4 Å². The van der Waals surface area contributed by atoms with Gasteiger partial charge in [-0.25, -0.2) is 0 Å². The van der Waals surface area contributed by atoms with Gasteiger partial charge in [0.15, 0.2) is 0 Å². The zero-order valence-corrected chi connectivity index (χ0v) is 26.8. The van der Waals surface area contributed by atoms with Crippen LogP contribution in [0.4, 0.5) is 0 Å². The molecule has 5 aromatic carbocycles. The van der Waals surface area contributed by atoms with E-state index in [9.17, 15) is 0 Å². The summed E-state index contributed by atoms with van der Waals surface area (Å²) in [4.78, 5) is 0. The van der Waals surface area contributed by atoms with Gasteiger partial charge in [-0.05, 0) is 44.5 Å². The van der Waals surface area contributed by atoms with Crippen LogP contribution in [0.5, 0.6) is 11.5 Å². The highest BCUT2D eigenvalue weighted by Crippen LogP contribution is 2.79. The van der Waals surface area contributed by atoms with Gasteiger partial charge in [0.05, 0.1) is 38.6 Å². The van der Waals surface area contributed by atoms with Gasteiger partial charge >= 0.3 is 0 Å². The Labute approximate surface area is 279 Å². The molecule has 4 nitrogen and oxygen atoms in total. The van der Waals surface area contributed by atoms with Crippen LogP contribution >= 0.6 is 0 Å². The van der Waals surface area contributed by atoms with E-state index in [1.807, 2.05) is 14.2 Å². The van der Waals surface area contributed by atoms with E-state index in [0.717, 1.165) is 11.5 Å². The molecule has 0 amide bonds. The predicted molar refractivity (Wildman–Crippen MR) is 180 cm³/mol. The lowest BCUT2D eigenvalue weighted by Crippen LogP contribution is -2.43. The molecule has 0 aromatic heterocycles. The second-order valence-electron chi connectivity index (χ2n) is 15.4. The van der Waals surface area contributed by atoms with Gasteiger partial charge in [-0.2, -0.15) is 0 Å². The third-order valence-electron chi connectivity index (χ3n) is 14.2. The highest BCUT2D eigenvalue weighted by Gasteiger charge is 2.69. The molecule has 5 aromatic rings. The second-order valence-corrected chi connectivity index (χ2v) is 15.4. The van der Waals surface area contributed by atoms with Gasteiger partial charge in [0, 0.05) is 69.6 Å². The van der Waals surface area contributed by atoms with Crippen molar-refractivity contribution in [3.05, 3.63) is 164 Å². The van der Waals surface area contributed by atoms with Crippen LogP contribution in [0.3, 0.4) is 0 Å². The number of benzene rings is 5. The molecule has 48 heavy (non-hydrogen) atoms. The van der Waals surface area contributed by atoms with Crippen LogP contribution in [0.2, 0.25) is 0 Å². The minimum atomic E-state index is -0.0439. The van der Waals surface area contributed by atoms with Crippen LogP contribution in [-0.4, -0.2) is 14.2 Å². The van der Waals surface area contributed by atoms with Crippen molar-refractivity contribution in [1.82, 2.24) is 0 Å². The van der Waals surface area contributed by atoms with E-state index in [2.05, 4.69) is 97.1 Å². The summed E-state index contributed by atoms with van der Waals surface area (Å²) in [6.45, 7) is 0. The maximum Gasteiger partial charge on any atom is 0.131 e. The lowest BCUT2D eigenvalue weighted by Gasteiger charge is -2.52. The first kappa shape index (κ1) is 25.6. The summed E-state index contributed by atoms with van der Waals surface area (Å²) in [5.74, 6) is 4.63. The molecule has 8 unspecified atom stereocenters. The van der Waals surface area contributed by atoms with Crippen molar-refractivity contribution in [2.45, 2.75) is 48.1 Å². The molecule has 0 N–H and O–H groups in total. The maximum absolute atomic E-state index is 7.26. The average molecular weight is 627 g/mol. The number of hydrogen-bond donors (Lipinski definition) is 0. The molecule has 0 saturated carbocycles. The number of ether oxygens (including phenoxy) is 4. The summed E-state index contributed by atoms with van der Waals surface area (Å²) in [7, 11) is 3.73. The van der Waals surface area contributed by atoms with Gasteiger partial charge in [-0.15, -0.1) is 0 Å². The van der Waals surface area contributed by atoms with Gasteiger partial charge in [0.25, 0.3) is 0 Å². The predicted octanol–water partition coefficient (Wildman–Crippen LogP) is 9.00. The van der Waals surface area contributed by atoms with Crippen LogP contribution in [-0.2, 0) is 9.47 Å². The molecule has 10 aliphatic rings. The Morgan fingerprint density at radius 3 is 0.750 bits per heavy atom. The zero-order chi connectivity index (χ0) is 31.2. The molecular weight excluding hydrogens is 592 g/mol. The third-order valence-corrected chi connectivity index (χ3v) is 14.2. The van der Waals surface area contributed by atoms with E-state index < -0.39 is 0 Å². The Morgan fingerprint density at radius 2 is 0.562 bits per heavy atom. The Morgan fingerprint density at radius 1 is 0.354 bits per heavy atom. The smallest absolute Gasteiger partial charge is 0.131 e. The van der Waals surface area contributed by atoms with E-state index in [4.69, 9.17) is 18.9 Å². The van der Waals surface area contributed by atoms with Crippen molar-refractivity contribution >= 4 is 0 Å². The normalized spacial score (nSPS) is 36.4. The standard InChI is InChI=1S/C44H34O4/c1-45-39-35-37(43-33-29-23-15-7-3-11-19(23)27(31(33)41(35)47-43)20-12-4-8-16-24(20)29)40(46-2)38-36(39)42-32-28-21-13-5-9-17-25(21)30(34(32)44(38)48-42)26-18-10-6-14-22(26)28/h3-18,27-34,41-44H,1-2H3. The van der Waals surface area contributed by atoms with Crippen molar-refractivity contribution in [2.75, 3.05) is 14.2 Å². The summed E-state index contributed by atoms with van der Waals surface area (Å²) >= 11 is 0. The zero-order valence-electron chi connectivity index (χ0n) is 26.8. The summed E-state index contributed by atoms with van der Waals surface area (Å²) in [5, 5.41) is 0. The Bertz CT molecular complexity index is 1880. The quantitative estimate of drug-likeness (QED) is 0.196. The Kier molecular flexibility index (Phi) is 4.49. The Balaban J connectivity index is 1.04. The molecule has 8 bridgehead atoms. The minimum absolute atomic E-state index is 0.0439. The molecule has 0 spiro atoms. The second kappa shape index (κ2) is 8.42. The molecule has 6 aliphatic carbocycles. The summed E-state index contributed by atoms with van der Waals surface area (Å²) in [5.41, 5.74) is 16.8. The van der Waals surface area contributed by atoms with E-state index in [0.29, 0.717) is 47.3 Å². The molecule has 15 rings (SSSR count). The SMILES string of the molecule is COc1c2c(c(OC)c3c1C1OC3C3C4c5ccccc5C(c5ccccc54)C13)C1OC2C2C3c4ccccc4C(c4ccccc43)C12. The largest absolute Gasteiger partial charge is 0.496 e. The fourth-order valence-corrected chi connectivity index (χ4v) is 13.1. The van der Waals surface area contributed by atoms with Gasteiger partial charge in [-0.3, -0.25) is 0 Å². The highest BCUT2D eigenvalue weighted by atomic mass is 16.5. The van der Waals surface area contributed by atoms with Crippen molar-refractivity contribution in [1.29, 1.82) is 0 Å². The molecule has 4 aliphatic heterocycles. The van der Waals surface area contributed by atoms with Crippen molar-refractivity contribution in [3.63, 3.8) is 0 Å². The summed E-state index contributed by atoms with van der Waals surface area (Å²) < 4.78 is 27.7. The molecule has 8 atom stereocenters. The molecule has 2 fully saturated rings. The number of methoxy groups -OCH3 is 2.